The number of nitrogens with one attached hydrogen (secondary N) is 1. The van der Waals surface area contributed by atoms with Crippen molar-refractivity contribution in [1.82, 2.24) is 5.32 Å². The summed E-state index contributed by atoms with van der Waals surface area (Å²) in [6, 6.07) is 7.68. The van der Waals surface area contributed by atoms with E-state index in [4.69, 9.17) is 0 Å². The predicted octanol–water partition coefficient (Wildman–Crippen LogP) is 3.38. The predicted molar refractivity (Wildman–Crippen MR) is 78.0 cm³/mol. The van der Waals surface area contributed by atoms with E-state index in [0.29, 0.717) is 5.92 Å². The van der Waals surface area contributed by atoms with Gasteiger partial charge in [-0.1, -0.05) is 24.3 Å². The molecule has 0 aliphatic heterocycles. The van der Waals surface area contributed by atoms with Crippen LogP contribution in [0.15, 0.2) is 36.4 Å². The molecule has 0 bridgehead atoms. The molecule has 0 heterocycles. The summed E-state index contributed by atoms with van der Waals surface area (Å²) in [6.45, 7) is 0.786. The lowest BCUT2D eigenvalue weighted by atomic mass is 9.94. The summed E-state index contributed by atoms with van der Waals surface area (Å²) in [5.74, 6) is 0.648. The number of benzene rings is 1. The summed E-state index contributed by atoms with van der Waals surface area (Å²) in [4.78, 5) is 12.0. The highest BCUT2D eigenvalue weighted by Crippen LogP contribution is 2.17. The second kappa shape index (κ2) is 6.19. The Morgan fingerprint density at radius 3 is 2.88 bits per heavy atom. The maximum absolute atomic E-state index is 12.0. The standard InChI is InChI=1S/C14H16INO/c15-13-9-5-4-8-12(13)14(17)16-10-11-6-2-1-3-7-11/h1-2,4-5,8-9,11H,3,6-7,10H2,(H,16,17). The lowest BCUT2D eigenvalue weighted by molar-refractivity contribution is 0.0945. The molecule has 90 valence electrons. The maximum Gasteiger partial charge on any atom is 0.252 e. The molecular formula is C14H16INO. The van der Waals surface area contributed by atoms with Gasteiger partial charge in [-0.25, -0.2) is 0 Å². The minimum atomic E-state index is 0.0459. The Morgan fingerprint density at radius 1 is 1.35 bits per heavy atom. The maximum atomic E-state index is 12.0. The van der Waals surface area contributed by atoms with Crippen LogP contribution >= 0.6 is 22.6 Å². The molecule has 0 radical (unpaired) electrons. The third-order valence-electron chi connectivity index (χ3n) is 3.05. The van der Waals surface area contributed by atoms with Crippen molar-refractivity contribution in [2.24, 2.45) is 5.92 Å². The molecule has 0 aromatic heterocycles. The highest BCUT2D eigenvalue weighted by atomic mass is 127. The van der Waals surface area contributed by atoms with Crippen molar-refractivity contribution in [3.63, 3.8) is 0 Å². The number of halogens is 1. The molecule has 0 saturated carbocycles. The van der Waals surface area contributed by atoms with Gasteiger partial charge in [-0.05, 0) is 59.9 Å². The Balaban J connectivity index is 1.89. The Kier molecular flexibility index (Phi) is 4.59. The van der Waals surface area contributed by atoms with Crippen molar-refractivity contribution in [3.05, 3.63) is 45.6 Å². The smallest absolute Gasteiger partial charge is 0.252 e. The summed E-state index contributed by atoms with van der Waals surface area (Å²) in [5.41, 5.74) is 0.777. The molecule has 0 fully saturated rings. The second-order valence-electron chi connectivity index (χ2n) is 4.34. The zero-order valence-corrected chi connectivity index (χ0v) is 11.8. The Bertz CT molecular complexity index is 428. The van der Waals surface area contributed by atoms with Crippen LogP contribution in [0.1, 0.15) is 29.6 Å². The average molecular weight is 341 g/mol. The molecular weight excluding hydrogens is 325 g/mol. The first-order valence-corrected chi connectivity index (χ1v) is 7.03. The summed E-state index contributed by atoms with van der Waals surface area (Å²) < 4.78 is 1.01. The van der Waals surface area contributed by atoms with Gasteiger partial charge in [0.1, 0.15) is 0 Å². The van der Waals surface area contributed by atoms with Gasteiger partial charge in [0.15, 0.2) is 0 Å². The Labute approximate surface area is 116 Å². The zero-order valence-electron chi connectivity index (χ0n) is 9.66. The van der Waals surface area contributed by atoms with Crippen molar-refractivity contribution < 1.29 is 4.79 Å². The minimum absolute atomic E-state index is 0.0459. The summed E-state index contributed by atoms with van der Waals surface area (Å²) >= 11 is 2.20. The van der Waals surface area contributed by atoms with E-state index in [2.05, 4.69) is 40.1 Å². The van der Waals surface area contributed by atoms with Crippen LogP contribution in [-0.4, -0.2) is 12.5 Å². The Morgan fingerprint density at radius 2 is 2.18 bits per heavy atom. The van der Waals surface area contributed by atoms with Gasteiger partial charge in [-0.15, -0.1) is 0 Å². The van der Waals surface area contributed by atoms with Crippen molar-refractivity contribution in [2.75, 3.05) is 6.54 Å². The number of carbonyl (C=O) groups excluding carboxylic acids is 1. The molecule has 2 nitrogen and oxygen atoms in total. The van der Waals surface area contributed by atoms with Gasteiger partial charge >= 0.3 is 0 Å². The molecule has 1 unspecified atom stereocenters. The van der Waals surface area contributed by atoms with Gasteiger partial charge in [-0.2, -0.15) is 0 Å². The molecule has 1 amide bonds. The van der Waals surface area contributed by atoms with Crippen molar-refractivity contribution in [3.8, 4) is 0 Å². The highest BCUT2D eigenvalue weighted by Gasteiger charge is 2.13. The molecule has 2 rings (SSSR count). The van der Waals surface area contributed by atoms with Gasteiger partial charge in [0.2, 0.25) is 0 Å². The molecule has 0 saturated heterocycles. The first-order valence-electron chi connectivity index (χ1n) is 5.95. The van der Waals surface area contributed by atoms with Gasteiger partial charge in [0.05, 0.1) is 5.56 Å². The number of carbonyl (C=O) groups is 1. The topological polar surface area (TPSA) is 29.1 Å². The molecule has 1 N–H and O–H groups in total. The third kappa shape index (κ3) is 3.56. The van der Waals surface area contributed by atoms with Gasteiger partial charge in [0.25, 0.3) is 5.91 Å². The van der Waals surface area contributed by atoms with Crippen LogP contribution in [0.2, 0.25) is 0 Å². The largest absolute Gasteiger partial charge is 0.352 e. The van der Waals surface area contributed by atoms with E-state index < -0.39 is 0 Å². The highest BCUT2D eigenvalue weighted by molar-refractivity contribution is 14.1. The number of rotatable bonds is 3. The lowest BCUT2D eigenvalue weighted by Gasteiger charge is -2.18. The van der Waals surface area contributed by atoms with E-state index in [-0.39, 0.29) is 5.91 Å². The van der Waals surface area contributed by atoms with Crippen LogP contribution in [0, 0.1) is 9.49 Å². The Hall–Kier alpha value is -0.840. The fourth-order valence-corrected chi connectivity index (χ4v) is 2.65. The summed E-state index contributed by atoms with van der Waals surface area (Å²) in [5, 5.41) is 3.03. The van der Waals surface area contributed by atoms with Gasteiger partial charge in [-0.3, -0.25) is 4.79 Å². The first-order chi connectivity index (χ1) is 8.27. The molecule has 17 heavy (non-hydrogen) atoms. The van der Waals surface area contributed by atoms with E-state index in [0.717, 1.165) is 28.5 Å². The second-order valence-corrected chi connectivity index (χ2v) is 5.50. The van der Waals surface area contributed by atoms with Gasteiger partial charge < -0.3 is 5.32 Å². The average Bonchev–Trinajstić information content (AvgIpc) is 2.38. The van der Waals surface area contributed by atoms with Crippen LogP contribution < -0.4 is 5.32 Å². The minimum Gasteiger partial charge on any atom is -0.352 e. The quantitative estimate of drug-likeness (QED) is 0.663. The third-order valence-corrected chi connectivity index (χ3v) is 3.99. The van der Waals surface area contributed by atoms with E-state index in [9.17, 15) is 4.79 Å². The molecule has 3 heteroatoms. The molecule has 0 spiro atoms. The van der Waals surface area contributed by atoms with Gasteiger partial charge in [0, 0.05) is 10.1 Å². The monoisotopic (exact) mass is 341 g/mol. The number of hydrogen-bond donors (Lipinski definition) is 1. The molecule has 1 aromatic carbocycles. The first kappa shape index (κ1) is 12.6. The van der Waals surface area contributed by atoms with E-state index in [1.165, 1.54) is 6.42 Å². The lowest BCUT2D eigenvalue weighted by Crippen LogP contribution is -2.30. The van der Waals surface area contributed by atoms with Crippen LogP contribution in [-0.2, 0) is 0 Å². The number of hydrogen-bond acceptors (Lipinski definition) is 1. The van der Waals surface area contributed by atoms with Crippen LogP contribution in [0.4, 0.5) is 0 Å². The zero-order chi connectivity index (χ0) is 12.1. The van der Waals surface area contributed by atoms with E-state index in [1.54, 1.807) is 0 Å². The molecule has 1 aromatic rings. The van der Waals surface area contributed by atoms with Crippen molar-refractivity contribution >= 4 is 28.5 Å². The molecule has 1 aliphatic rings. The molecule has 1 atom stereocenters. The van der Waals surface area contributed by atoms with Crippen LogP contribution in [0.25, 0.3) is 0 Å². The number of allylic oxidation sites excluding steroid dienone is 2. The molecule has 1 aliphatic carbocycles. The normalized spacial score (nSPS) is 19.0. The summed E-state index contributed by atoms with van der Waals surface area (Å²) in [7, 11) is 0. The van der Waals surface area contributed by atoms with Crippen molar-refractivity contribution in [1.29, 1.82) is 0 Å². The number of amides is 1. The van der Waals surface area contributed by atoms with E-state index in [1.807, 2.05) is 24.3 Å². The fraction of sp³-hybridized carbons (Fsp3) is 0.357. The summed E-state index contributed by atoms with van der Waals surface area (Å²) in [6.07, 6.45) is 7.85. The SMILES string of the molecule is O=C(NCC1CC=CCC1)c1ccccc1I. The van der Waals surface area contributed by atoms with E-state index >= 15 is 0 Å². The fourth-order valence-electron chi connectivity index (χ4n) is 2.02. The van der Waals surface area contributed by atoms with Crippen molar-refractivity contribution in [2.45, 2.75) is 19.3 Å². The van der Waals surface area contributed by atoms with Crippen LogP contribution in [0.3, 0.4) is 0 Å². The van der Waals surface area contributed by atoms with Crippen LogP contribution in [0.5, 0.6) is 0 Å².